The molecule has 106 valence electrons. The molecule has 0 radical (unpaired) electrons. The Morgan fingerprint density at radius 3 is 2.40 bits per heavy atom. The van der Waals surface area contributed by atoms with Crippen molar-refractivity contribution in [2.75, 3.05) is 16.6 Å². The van der Waals surface area contributed by atoms with Crippen LogP contribution in [-0.4, -0.2) is 30.9 Å². The average Bonchev–Trinajstić information content (AvgIpc) is 2.92. The number of aromatic hydroxyl groups is 2. The Hall–Kier alpha value is -2.15. The van der Waals surface area contributed by atoms with Gasteiger partial charge in [0.15, 0.2) is 5.76 Å². The van der Waals surface area contributed by atoms with Gasteiger partial charge in [-0.1, -0.05) is 30.3 Å². The smallest absolute Gasteiger partial charge is 0.256 e. The minimum absolute atomic E-state index is 0.00850. The molecule has 0 atom stereocenters. The summed E-state index contributed by atoms with van der Waals surface area (Å²) >= 11 is 0. The molecule has 0 amide bonds. The van der Waals surface area contributed by atoms with Crippen LogP contribution < -0.4 is 4.31 Å². The fourth-order valence-electron chi connectivity index (χ4n) is 2.22. The van der Waals surface area contributed by atoms with Gasteiger partial charge in [-0.05, 0) is 6.42 Å². The maximum Gasteiger partial charge on any atom is 0.256 e. The molecule has 0 bridgehead atoms. The number of hydrogen-bond donors (Lipinski definition) is 2. The molecule has 1 aliphatic rings. The monoisotopic (exact) mass is 295 g/mol. The largest absolute Gasteiger partial charge is 0.502 e. The molecule has 0 aliphatic carbocycles. The summed E-state index contributed by atoms with van der Waals surface area (Å²) in [7, 11) is -3.48. The summed E-state index contributed by atoms with van der Waals surface area (Å²) < 4.78 is 30.1. The van der Waals surface area contributed by atoms with Crippen LogP contribution in [0.5, 0.6) is 11.5 Å². The van der Waals surface area contributed by atoms with E-state index in [2.05, 4.69) is 0 Å². The zero-order valence-corrected chi connectivity index (χ0v) is 11.3. The molecule has 7 heteroatoms. The molecule has 1 aromatic carbocycles. The van der Waals surface area contributed by atoms with Crippen LogP contribution >= 0.6 is 0 Å². The van der Waals surface area contributed by atoms with Gasteiger partial charge in [-0.2, -0.15) is 0 Å². The topological polar surface area (TPSA) is 91.0 Å². The highest BCUT2D eigenvalue weighted by molar-refractivity contribution is 7.93. The zero-order chi connectivity index (χ0) is 14.3. The quantitative estimate of drug-likeness (QED) is 0.883. The van der Waals surface area contributed by atoms with Crippen LogP contribution in [0.3, 0.4) is 0 Å². The summed E-state index contributed by atoms with van der Waals surface area (Å²) in [6.45, 7) is 0.233. The fraction of sp³-hybridized carbons (Fsp3) is 0.231. The van der Waals surface area contributed by atoms with Crippen molar-refractivity contribution in [3.63, 3.8) is 0 Å². The Morgan fingerprint density at radius 2 is 1.80 bits per heavy atom. The van der Waals surface area contributed by atoms with Crippen molar-refractivity contribution < 1.29 is 23.0 Å². The van der Waals surface area contributed by atoms with Crippen LogP contribution in [-0.2, 0) is 10.0 Å². The summed E-state index contributed by atoms with van der Waals surface area (Å²) in [5.74, 6) is -1.16. The molecule has 1 saturated heterocycles. The molecular weight excluding hydrogens is 282 g/mol. The standard InChI is InChI=1S/C13H13NO5S/c15-10-11(16)13(14-7-4-8-20(14,17)18)19-12(10)9-5-2-1-3-6-9/h1-3,5-6,15-16H,4,7-8H2. The third kappa shape index (κ3) is 1.90. The minimum atomic E-state index is -3.48. The fourth-order valence-corrected chi connectivity index (χ4v) is 3.72. The first-order valence-electron chi connectivity index (χ1n) is 6.11. The summed E-state index contributed by atoms with van der Waals surface area (Å²) in [5, 5.41) is 19.9. The van der Waals surface area contributed by atoms with Crippen molar-refractivity contribution in [2.24, 2.45) is 0 Å². The Kier molecular flexibility index (Phi) is 2.86. The normalized spacial score (nSPS) is 17.5. The van der Waals surface area contributed by atoms with E-state index in [4.69, 9.17) is 4.42 Å². The van der Waals surface area contributed by atoms with Gasteiger partial charge in [0.1, 0.15) is 0 Å². The molecule has 2 aromatic rings. The predicted octanol–water partition coefficient (Wildman–Crippen LogP) is 1.90. The van der Waals surface area contributed by atoms with Crippen molar-refractivity contribution >= 4 is 15.9 Å². The lowest BCUT2D eigenvalue weighted by molar-refractivity contribution is 0.409. The maximum atomic E-state index is 11.8. The summed E-state index contributed by atoms with van der Waals surface area (Å²) in [6, 6.07) is 8.69. The van der Waals surface area contributed by atoms with Gasteiger partial charge >= 0.3 is 0 Å². The Morgan fingerprint density at radius 1 is 1.10 bits per heavy atom. The highest BCUT2D eigenvalue weighted by Gasteiger charge is 2.35. The summed E-state index contributed by atoms with van der Waals surface area (Å²) in [5.41, 5.74) is 0.558. The molecule has 3 rings (SSSR count). The van der Waals surface area contributed by atoms with Gasteiger partial charge in [-0.3, -0.25) is 0 Å². The van der Waals surface area contributed by atoms with Crippen LogP contribution in [0.4, 0.5) is 5.88 Å². The van der Waals surface area contributed by atoms with E-state index in [0.717, 1.165) is 4.31 Å². The number of anilines is 1. The van der Waals surface area contributed by atoms with Crippen molar-refractivity contribution in [1.29, 1.82) is 0 Å². The van der Waals surface area contributed by atoms with Gasteiger partial charge in [-0.15, -0.1) is 0 Å². The van der Waals surface area contributed by atoms with E-state index in [-0.39, 0.29) is 23.9 Å². The van der Waals surface area contributed by atoms with Crippen LogP contribution in [0.25, 0.3) is 11.3 Å². The third-order valence-electron chi connectivity index (χ3n) is 3.20. The van der Waals surface area contributed by atoms with Crippen molar-refractivity contribution in [2.45, 2.75) is 6.42 Å². The second kappa shape index (κ2) is 4.45. The van der Waals surface area contributed by atoms with E-state index in [9.17, 15) is 18.6 Å². The van der Waals surface area contributed by atoms with Gasteiger partial charge < -0.3 is 14.6 Å². The first-order valence-corrected chi connectivity index (χ1v) is 7.72. The number of hydrogen-bond acceptors (Lipinski definition) is 5. The van der Waals surface area contributed by atoms with Crippen LogP contribution in [0.15, 0.2) is 34.7 Å². The molecule has 1 aliphatic heterocycles. The van der Waals surface area contributed by atoms with Gasteiger partial charge in [0.05, 0.1) is 5.75 Å². The molecule has 1 fully saturated rings. The van der Waals surface area contributed by atoms with E-state index < -0.39 is 21.5 Å². The molecule has 2 N–H and O–H groups in total. The molecule has 20 heavy (non-hydrogen) atoms. The molecule has 1 aromatic heterocycles. The second-order valence-electron chi connectivity index (χ2n) is 4.54. The molecule has 0 spiro atoms. The zero-order valence-electron chi connectivity index (χ0n) is 10.5. The number of benzene rings is 1. The first-order chi connectivity index (χ1) is 9.50. The summed E-state index contributed by atoms with van der Waals surface area (Å²) in [6.07, 6.45) is 0.462. The van der Waals surface area contributed by atoms with Crippen LogP contribution in [0.2, 0.25) is 0 Å². The van der Waals surface area contributed by atoms with E-state index in [1.54, 1.807) is 30.3 Å². The number of furan rings is 1. The predicted molar refractivity (Wildman–Crippen MR) is 73.2 cm³/mol. The lowest BCUT2D eigenvalue weighted by Gasteiger charge is -2.12. The van der Waals surface area contributed by atoms with Crippen molar-refractivity contribution in [1.82, 2.24) is 0 Å². The SMILES string of the molecule is O=S1(=O)CCCN1c1oc(-c2ccccc2)c(O)c1O. The Balaban J connectivity index is 2.12. The molecule has 2 heterocycles. The lowest BCUT2D eigenvalue weighted by Crippen LogP contribution is -2.24. The molecule has 0 unspecified atom stereocenters. The average molecular weight is 295 g/mol. The molecule has 6 nitrogen and oxygen atoms in total. The minimum Gasteiger partial charge on any atom is -0.502 e. The van der Waals surface area contributed by atoms with Gasteiger partial charge in [-0.25, -0.2) is 12.7 Å². The number of sulfonamides is 1. The lowest BCUT2D eigenvalue weighted by atomic mass is 10.1. The first kappa shape index (κ1) is 12.9. The molecule has 0 saturated carbocycles. The second-order valence-corrected chi connectivity index (χ2v) is 6.55. The van der Waals surface area contributed by atoms with Gasteiger partial charge in [0, 0.05) is 12.1 Å². The Labute approximate surface area is 115 Å². The van der Waals surface area contributed by atoms with Gasteiger partial charge in [0.2, 0.25) is 21.5 Å². The van der Waals surface area contributed by atoms with Gasteiger partial charge in [0.25, 0.3) is 5.88 Å². The Bertz CT molecular complexity index is 736. The maximum absolute atomic E-state index is 11.8. The van der Waals surface area contributed by atoms with E-state index in [1.807, 2.05) is 0 Å². The number of rotatable bonds is 2. The van der Waals surface area contributed by atoms with Crippen molar-refractivity contribution in [3.8, 4) is 22.8 Å². The van der Waals surface area contributed by atoms with Crippen molar-refractivity contribution in [3.05, 3.63) is 30.3 Å². The van der Waals surface area contributed by atoms with E-state index in [0.29, 0.717) is 12.0 Å². The molecular formula is C13H13NO5S. The van der Waals surface area contributed by atoms with Crippen LogP contribution in [0, 0.1) is 0 Å². The third-order valence-corrected chi connectivity index (χ3v) is 5.03. The highest BCUT2D eigenvalue weighted by atomic mass is 32.2. The number of nitrogens with zero attached hydrogens (tertiary/aromatic N) is 1. The van der Waals surface area contributed by atoms with Crippen LogP contribution in [0.1, 0.15) is 6.42 Å². The summed E-state index contributed by atoms with van der Waals surface area (Å²) in [4.78, 5) is 0. The highest BCUT2D eigenvalue weighted by Crippen LogP contribution is 2.48. The van der Waals surface area contributed by atoms with E-state index >= 15 is 0 Å². The van der Waals surface area contributed by atoms with E-state index in [1.165, 1.54) is 0 Å².